The molecule has 3 aromatic rings. The van der Waals surface area contributed by atoms with Crippen LogP contribution in [0.3, 0.4) is 0 Å². The Kier molecular flexibility index (Phi) is 6.60. The number of benzene rings is 2. The molecular formula is C23H27NO7. The predicted molar refractivity (Wildman–Crippen MR) is 116 cm³/mol. The second kappa shape index (κ2) is 9.18. The number of phenolic OH excluding ortho intramolecular Hbond substituents is 1. The summed E-state index contributed by atoms with van der Waals surface area (Å²) >= 11 is 0. The summed E-state index contributed by atoms with van der Waals surface area (Å²) in [4.78, 5) is 14.9. The van der Waals surface area contributed by atoms with Gasteiger partial charge in [-0.05, 0) is 45.3 Å². The zero-order valence-corrected chi connectivity index (χ0v) is 18.6. The number of carbonyl (C=O) groups excluding carboxylic acids is 1. The lowest BCUT2D eigenvalue weighted by Gasteiger charge is -2.14. The number of nitrogens with zero attached hydrogens (tertiary/aromatic N) is 1. The van der Waals surface area contributed by atoms with Crippen LogP contribution in [-0.2, 0) is 11.3 Å². The van der Waals surface area contributed by atoms with Crippen molar-refractivity contribution in [1.29, 1.82) is 0 Å². The lowest BCUT2D eigenvalue weighted by molar-refractivity contribution is 0.0528. The minimum Gasteiger partial charge on any atom is -0.508 e. The molecule has 31 heavy (non-hydrogen) atoms. The largest absolute Gasteiger partial charge is 0.508 e. The summed E-state index contributed by atoms with van der Waals surface area (Å²) in [7, 11) is 8.30. The Morgan fingerprint density at radius 2 is 1.71 bits per heavy atom. The molecule has 1 aromatic heterocycles. The molecule has 0 fully saturated rings. The maximum Gasteiger partial charge on any atom is 0.342 e. The number of methoxy groups -OCH3 is 3. The standard InChI is InChI=1S/C23H27NO7/c1-7-30-23(26)20-19-14(12-24(2)3)15(25)8-9-16(19)31-21(20)13-10-17(27-4)22(29-6)18(11-13)28-5/h8-11,25H,7,12H2,1-6H3. The van der Waals surface area contributed by atoms with Crippen LogP contribution in [0.5, 0.6) is 23.0 Å². The summed E-state index contributed by atoms with van der Waals surface area (Å²) in [6, 6.07) is 6.59. The number of furan rings is 1. The van der Waals surface area contributed by atoms with Crippen molar-refractivity contribution in [2.75, 3.05) is 42.0 Å². The van der Waals surface area contributed by atoms with Gasteiger partial charge in [-0.3, -0.25) is 0 Å². The summed E-state index contributed by atoms with van der Waals surface area (Å²) in [6.07, 6.45) is 0. The molecule has 3 rings (SSSR count). The van der Waals surface area contributed by atoms with E-state index in [-0.39, 0.29) is 17.9 Å². The van der Waals surface area contributed by atoms with Crippen LogP contribution in [-0.4, -0.2) is 58.0 Å². The highest BCUT2D eigenvalue weighted by molar-refractivity contribution is 6.10. The first-order valence-corrected chi connectivity index (χ1v) is 9.75. The Hall–Kier alpha value is -3.39. The Morgan fingerprint density at radius 1 is 1.06 bits per heavy atom. The minimum absolute atomic E-state index is 0.0731. The Bertz CT molecular complexity index is 1080. The Morgan fingerprint density at radius 3 is 2.23 bits per heavy atom. The van der Waals surface area contributed by atoms with E-state index < -0.39 is 5.97 Å². The van der Waals surface area contributed by atoms with Crippen molar-refractivity contribution in [3.05, 3.63) is 35.4 Å². The van der Waals surface area contributed by atoms with Crippen LogP contribution in [0, 0.1) is 0 Å². The topological polar surface area (TPSA) is 90.6 Å². The maximum atomic E-state index is 13.0. The SMILES string of the molecule is CCOC(=O)c1c(-c2cc(OC)c(OC)c(OC)c2)oc2ccc(O)c(CN(C)C)c12. The van der Waals surface area contributed by atoms with Crippen molar-refractivity contribution >= 4 is 16.9 Å². The molecule has 0 spiro atoms. The predicted octanol–water partition coefficient (Wildman–Crippen LogP) is 4.07. The van der Waals surface area contributed by atoms with E-state index in [0.717, 1.165) is 0 Å². The van der Waals surface area contributed by atoms with Crippen LogP contribution in [0.4, 0.5) is 0 Å². The lowest BCUT2D eigenvalue weighted by Crippen LogP contribution is -2.12. The summed E-state index contributed by atoms with van der Waals surface area (Å²) in [6.45, 7) is 2.34. The highest BCUT2D eigenvalue weighted by Crippen LogP contribution is 2.45. The van der Waals surface area contributed by atoms with Gasteiger partial charge in [0.15, 0.2) is 11.5 Å². The first kappa shape index (κ1) is 22.3. The second-order valence-electron chi connectivity index (χ2n) is 7.11. The fourth-order valence-corrected chi connectivity index (χ4v) is 3.54. The van der Waals surface area contributed by atoms with Gasteiger partial charge in [-0.15, -0.1) is 0 Å². The average Bonchev–Trinajstić information content (AvgIpc) is 3.14. The number of hydrogen-bond acceptors (Lipinski definition) is 8. The van der Waals surface area contributed by atoms with Gasteiger partial charge < -0.3 is 33.4 Å². The quantitative estimate of drug-likeness (QED) is 0.536. The first-order chi connectivity index (χ1) is 14.9. The van der Waals surface area contributed by atoms with Gasteiger partial charge in [-0.1, -0.05) is 0 Å². The molecule has 0 saturated carbocycles. The molecule has 0 aliphatic heterocycles. The molecule has 166 valence electrons. The van der Waals surface area contributed by atoms with E-state index in [4.69, 9.17) is 23.4 Å². The molecule has 0 amide bonds. The van der Waals surface area contributed by atoms with Crippen LogP contribution >= 0.6 is 0 Å². The van der Waals surface area contributed by atoms with E-state index in [2.05, 4.69) is 0 Å². The van der Waals surface area contributed by atoms with Gasteiger partial charge in [0, 0.05) is 23.1 Å². The highest BCUT2D eigenvalue weighted by atomic mass is 16.5. The van der Waals surface area contributed by atoms with E-state index in [1.807, 2.05) is 19.0 Å². The maximum absolute atomic E-state index is 13.0. The summed E-state index contributed by atoms with van der Waals surface area (Å²) in [5.74, 6) is 1.08. The smallest absolute Gasteiger partial charge is 0.342 e. The summed E-state index contributed by atoms with van der Waals surface area (Å²) in [5.41, 5.74) is 1.82. The first-order valence-electron chi connectivity index (χ1n) is 9.75. The van der Waals surface area contributed by atoms with Crippen molar-refractivity contribution < 1.29 is 33.3 Å². The van der Waals surface area contributed by atoms with Crippen molar-refractivity contribution in [2.45, 2.75) is 13.5 Å². The van der Waals surface area contributed by atoms with Gasteiger partial charge in [0.1, 0.15) is 22.7 Å². The van der Waals surface area contributed by atoms with Gasteiger partial charge in [0.05, 0.1) is 27.9 Å². The van der Waals surface area contributed by atoms with Crippen molar-refractivity contribution in [3.63, 3.8) is 0 Å². The molecule has 0 saturated heterocycles. The molecule has 0 atom stereocenters. The molecule has 0 aliphatic carbocycles. The number of phenols is 1. The molecule has 8 nitrogen and oxygen atoms in total. The van der Waals surface area contributed by atoms with Gasteiger partial charge in [-0.25, -0.2) is 4.79 Å². The van der Waals surface area contributed by atoms with E-state index >= 15 is 0 Å². The third-order valence-corrected chi connectivity index (χ3v) is 4.82. The monoisotopic (exact) mass is 429 g/mol. The molecule has 0 radical (unpaired) electrons. The molecule has 0 bridgehead atoms. The van der Waals surface area contributed by atoms with E-state index in [1.165, 1.54) is 21.3 Å². The van der Waals surface area contributed by atoms with Crippen molar-refractivity contribution in [2.24, 2.45) is 0 Å². The van der Waals surface area contributed by atoms with Crippen molar-refractivity contribution in [3.8, 4) is 34.3 Å². The number of esters is 1. The van der Waals surface area contributed by atoms with Gasteiger partial charge >= 0.3 is 5.97 Å². The zero-order valence-electron chi connectivity index (χ0n) is 18.6. The van der Waals surface area contributed by atoms with E-state index in [0.29, 0.717) is 51.6 Å². The number of hydrogen-bond donors (Lipinski definition) is 1. The van der Waals surface area contributed by atoms with Gasteiger partial charge in [0.25, 0.3) is 0 Å². The molecule has 2 aromatic carbocycles. The molecule has 8 heteroatoms. The second-order valence-corrected chi connectivity index (χ2v) is 7.11. The minimum atomic E-state index is -0.546. The number of fused-ring (bicyclic) bond motifs is 1. The van der Waals surface area contributed by atoms with Crippen LogP contribution < -0.4 is 14.2 Å². The third-order valence-electron chi connectivity index (χ3n) is 4.82. The van der Waals surface area contributed by atoms with Crippen molar-refractivity contribution in [1.82, 2.24) is 4.90 Å². The number of carbonyl (C=O) groups is 1. The van der Waals surface area contributed by atoms with Crippen LogP contribution in [0.2, 0.25) is 0 Å². The molecule has 1 heterocycles. The Labute approximate surface area is 180 Å². The summed E-state index contributed by atoms with van der Waals surface area (Å²) in [5, 5.41) is 11.0. The number of ether oxygens (including phenoxy) is 4. The molecule has 1 N–H and O–H groups in total. The molecule has 0 unspecified atom stereocenters. The fourth-order valence-electron chi connectivity index (χ4n) is 3.54. The van der Waals surface area contributed by atoms with Gasteiger partial charge in [0.2, 0.25) is 5.75 Å². The molecule has 0 aliphatic rings. The zero-order chi connectivity index (χ0) is 22.7. The van der Waals surface area contributed by atoms with Crippen LogP contribution in [0.15, 0.2) is 28.7 Å². The lowest BCUT2D eigenvalue weighted by atomic mass is 10.00. The third kappa shape index (κ3) is 4.11. The number of aromatic hydroxyl groups is 1. The van der Waals surface area contributed by atoms with E-state index in [1.54, 1.807) is 31.2 Å². The van der Waals surface area contributed by atoms with E-state index in [9.17, 15) is 9.90 Å². The molecular weight excluding hydrogens is 402 g/mol. The Balaban J connectivity index is 2.38. The van der Waals surface area contributed by atoms with Gasteiger partial charge in [-0.2, -0.15) is 0 Å². The van der Waals surface area contributed by atoms with Crippen LogP contribution in [0.1, 0.15) is 22.8 Å². The fraction of sp³-hybridized carbons (Fsp3) is 0.348. The normalized spacial score (nSPS) is 11.1. The van der Waals surface area contributed by atoms with Crippen LogP contribution in [0.25, 0.3) is 22.3 Å². The average molecular weight is 429 g/mol. The summed E-state index contributed by atoms with van der Waals surface area (Å²) < 4.78 is 27.7. The highest BCUT2D eigenvalue weighted by Gasteiger charge is 2.28. The number of rotatable bonds is 8.